The summed E-state index contributed by atoms with van der Waals surface area (Å²) in [6.45, 7) is 0.118. The second-order valence-electron chi connectivity index (χ2n) is 7.45. The van der Waals surface area contributed by atoms with E-state index >= 15 is 0 Å². The molecule has 0 unspecified atom stereocenters. The summed E-state index contributed by atoms with van der Waals surface area (Å²) in [5.74, 6) is -2.08. The van der Waals surface area contributed by atoms with Crippen LogP contribution in [-0.4, -0.2) is 21.6 Å². The Kier molecular flexibility index (Phi) is 6.13. The number of thiophene rings is 1. The van der Waals surface area contributed by atoms with Crippen LogP contribution in [0.2, 0.25) is 0 Å². The molecule has 3 aromatic rings. The minimum atomic E-state index is -0.909. The van der Waals surface area contributed by atoms with E-state index in [0.717, 1.165) is 59.8 Å². The molecule has 0 aliphatic heterocycles. The summed E-state index contributed by atoms with van der Waals surface area (Å²) in [4.78, 5) is 38.4. The first-order valence-corrected chi connectivity index (χ1v) is 11.0. The number of nitrogens with one attached hydrogen (secondary N) is 1. The Morgan fingerprint density at radius 3 is 2.77 bits per heavy atom. The van der Waals surface area contributed by atoms with Crippen LogP contribution in [-0.2, 0) is 11.3 Å². The van der Waals surface area contributed by atoms with E-state index in [0.29, 0.717) is 16.6 Å². The number of carbonyl (C=O) groups is 1. The molecule has 0 fully saturated rings. The third-order valence-electron chi connectivity index (χ3n) is 5.36. The van der Waals surface area contributed by atoms with Crippen molar-refractivity contribution in [2.75, 3.05) is 6.54 Å². The van der Waals surface area contributed by atoms with E-state index in [1.807, 2.05) is 0 Å². The fourth-order valence-corrected chi connectivity index (χ4v) is 4.63. The third kappa shape index (κ3) is 4.36. The lowest BCUT2D eigenvalue weighted by Crippen LogP contribution is -2.42. The zero-order valence-corrected chi connectivity index (χ0v) is 17.5. The van der Waals surface area contributed by atoms with Gasteiger partial charge < -0.3 is 5.32 Å². The van der Waals surface area contributed by atoms with E-state index in [1.54, 1.807) is 11.4 Å². The first-order chi connectivity index (χ1) is 15.0. The molecule has 0 saturated carbocycles. The Bertz CT molecular complexity index is 1290. The van der Waals surface area contributed by atoms with Gasteiger partial charge in [0.15, 0.2) is 0 Å². The van der Waals surface area contributed by atoms with Crippen molar-refractivity contribution in [3.8, 4) is 5.69 Å². The van der Waals surface area contributed by atoms with Crippen molar-refractivity contribution in [1.82, 2.24) is 14.5 Å². The molecule has 1 aromatic carbocycles. The molecule has 0 bridgehead atoms. The number of nitrogens with zero attached hydrogens (tertiary/aromatic N) is 2. The van der Waals surface area contributed by atoms with E-state index in [-0.39, 0.29) is 11.2 Å². The number of hydrogen-bond acceptors (Lipinski definition) is 4. The number of allylic oxidation sites excluding steroid dienone is 1. The second kappa shape index (κ2) is 8.97. The molecule has 6 nitrogen and oxygen atoms in total. The lowest BCUT2D eigenvalue weighted by Gasteiger charge is -2.14. The fraction of sp³-hybridized carbons (Fsp3) is 0.318. The molecule has 0 atom stereocenters. The molecule has 1 amide bonds. The van der Waals surface area contributed by atoms with Crippen LogP contribution in [0, 0.1) is 11.6 Å². The molecule has 0 saturated heterocycles. The molecule has 2 aromatic heterocycles. The van der Waals surface area contributed by atoms with Gasteiger partial charge in [0.2, 0.25) is 5.91 Å². The van der Waals surface area contributed by atoms with E-state index in [9.17, 15) is 23.2 Å². The summed E-state index contributed by atoms with van der Waals surface area (Å²) in [6, 6.07) is 4.11. The van der Waals surface area contributed by atoms with Gasteiger partial charge in [-0.3, -0.25) is 14.2 Å². The first-order valence-electron chi connectivity index (χ1n) is 10.1. The highest BCUT2D eigenvalue weighted by molar-refractivity contribution is 7.17. The van der Waals surface area contributed by atoms with Gasteiger partial charge in [0, 0.05) is 12.6 Å². The van der Waals surface area contributed by atoms with E-state index in [1.165, 1.54) is 12.0 Å². The molecule has 9 heteroatoms. The van der Waals surface area contributed by atoms with Crippen LogP contribution in [0.3, 0.4) is 0 Å². The Balaban J connectivity index is 1.65. The summed E-state index contributed by atoms with van der Waals surface area (Å²) in [6.07, 6.45) is 7.41. The van der Waals surface area contributed by atoms with Gasteiger partial charge in [0.25, 0.3) is 5.56 Å². The summed E-state index contributed by atoms with van der Waals surface area (Å²) in [5, 5.41) is 4.41. The first kappa shape index (κ1) is 21.2. The number of hydrogen-bond donors (Lipinski definition) is 1. The average Bonchev–Trinajstić information content (AvgIpc) is 3.25. The van der Waals surface area contributed by atoms with Gasteiger partial charge >= 0.3 is 5.69 Å². The van der Waals surface area contributed by atoms with E-state index in [2.05, 4.69) is 11.4 Å². The SMILES string of the molecule is O=C(Cn1c(=O)n(-c2cc(F)ccc2F)c(=O)c2sccc21)NCCC1=CCCCC1. The highest BCUT2D eigenvalue weighted by atomic mass is 32.1. The second-order valence-corrected chi connectivity index (χ2v) is 8.36. The van der Waals surface area contributed by atoms with E-state index < -0.39 is 34.5 Å². The smallest absolute Gasteiger partial charge is 0.336 e. The maximum atomic E-state index is 14.3. The lowest BCUT2D eigenvalue weighted by molar-refractivity contribution is -0.121. The van der Waals surface area contributed by atoms with Crippen molar-refractivity contribution in [2.24, 2.45) is 0 Å². The van der Waals surface area contributed by atoms with Gasteiger partial charge in [-0.2, -0.15) is 0 Å². The van der Waals surface area contributed by atoms with Crippen LogP contribution in [0.15, 0.2) is 50.9 Å². The molecule has 2 heterocycles. The maximum absolute atomic E-state index is 14.3. The number of carbonyl (C=O) groups excluding carboxylic acids is 1. The number of benzene rings is 1. The normalized spacial score (nSPS) is 13.9. The topological polar surface area (TPSA) is 73.1 Å². The summed E-state index contributed by atoms with van der Waals surface area (Å²) >= 11 is 1.07. The van der Waals surface area contributed by atoms with Crippen molar-refractivity contribution >= 4 is 27.5 Å². The molecule has 0 spiro atoms. The Morgan fingerprint density at radius 1 is 1.16 bits per heavy atom. The van der Waals surface area contributed by atoms with Crippen LogP contribution in [0.5, 0.6) is 0 Å². The predicted molar refractivity (Wildman–Crippen MR) is 116 cm³/mol. The Labute approximate surface area is 180 Å². The van der Waals surface area contributed by atoms with Crippen molar-refractivity contribution in [1.29, 1.82) is 0 Å². The fourth-order valence-electron chi connectivity index (χ4n) is 3.80. The number of fused-ring (bicyclic) bond motifs is 1. The zero-order chi connectivity index (χ0) is 22.0. The summed E-state index contributed by atoms with van der Waals surface area (Å²) < 4.78 is 29.9. The van der Waals surface area contributed by atoms with Crippen molar-refractivity contribution in [3.63, 3.8) is 0 Å². The van der Waals surface area contributed by atoms with Crippen LogP contribution in [0.4, 0.5) is 8.78 Å². The van der Waals surface area contributed by atoms with Crippen LogP contribution in [0.25, 0.3) is 15.9 Å². The highest BCUT2D eigenvalue weighted by Crippen LogP contribution is 2.20. The quantitative estimate of drug-likeness (QED) is 0.591. The van der Waals surface area contributed by atoms with Crippen LogP contribution < -0.4 is 16.6 Å². The van der Waals surface area contributed by atoms with Gasteiger partial charge in [-0.15, -0.1) is 11.3 Å². The minimum Gasteiger partial charge on any atom is -0.354 e. The molecule has 0 radical (unpaired) electrons. The van der Waals surface area contributed by atoms with Crippen molar-refractivity contribution in [3.05, 3.63) is 73.8 Å². The number of rotatable bonds is 6. The molecule has 1 N–H and O–H groups in total. The zero-order valence-electron chi connectivity index (χ0n) is 16.7. The molecule has 31 heavy (non-hydrogen) atoms. The summed E-state index contributed by atoms with van der Waals surface area (Å²) in [5.41, 5.74) is -0.521. The van der Waals surface area contributed by atoms with Gasteiger partial charge in [-0.25, -0.2) is 18.1 Å². The molecule has 4 rings (SSSR count). The Hall–Kier alpha value is -3.07. The third-order valence-corrected chi connectivity index (χ3v) is 6.25. The monoisotopic (exact) mass is 445 g/mol. The maximum Gasteiger partial charge on any atom is 0.336 e. The number of halogens is 2. The summed E-state index contributed by atoms with van der Waals surface area (Å²) in [7, 11) is 0. The molecule has 162 valence electrons. The van der Waals surface area contributed by atoms with Gasteiger partial charge in [0.1, 0.15) is 22.9 Å². The van der Waals surface area contributed by atoms with Gasteiger partial charge in [-0.05, 0) is 55.7 Å². The minimum absolute atomic E-state index is 0.184. The van der Waals surface area contributed by atoms with Crippen LogP contribution in [0.1, 0.15) is 32.1 Å². The predicted octanol–water partition coefficient (Wildman–Crippen LogP) is 3.50. The van der Waals surface area contributed by atoms with Gasteiger partial charge in [-0.1, -0.05) is 11.6 Å². The number of amides is 1. The molecule has 1 aliphatic carbocycles. The highest BCUT2D eigenvalue weighted by Gasteiger charge is 2.20. The van der Waals surface area contributed by atoms with Crippen molar-refractivity contribution < 1.29 is 13.6 Å². The molecular weight excluding hydrogens is 424 g/mol. The molecule has 1 aliphatic rings. The Morgan fingerprint density at radius 2 is 2.00 bits per heavy atom. The largest absolute Gasteiger partial charge is 0.354 e. The lowest BCUT2D eigenvalue weighted by atomic mass is 9.97. The van der Waals surface area contributed by atoms with E-state index in [4.69, 9.17) is 0 Å². The standard InChI is InChI=1S/C22H21F2N3O3S/c23-15-6-7-16(24)18(12-15)27-21(29)20-17(9-11-31-20)26(22(27)30)13-19(28)25-10-8-14-4-2-1-3-5-14/h4,6-7,9,11-12H,1-3,5,8,10,13H2,(H,25,28). The van der Waals surface area contributed by atoms with Gasteiger partial charge in [0.05, 0.1) is 11.2 Å². The van der Waals surface area contributed by atoms with Crippen molar-refractivity contribution in [2.45, 2.75) is 38.6 Å². The number of aromatic nitrogens is 2. The average molecular weight is 445 g/mol. The van der Waals surface area contributed by atoms with Crippen LogP contribution >= 0.6 is 11.3 Å². The molecular formula is C22H21F2N3O3S.